The molecule has 1 aliphatic heterocycles. The Morgan fingerprint density at radius 2 is 2.47 bits per heavy atom. The number of hydrogen-bond acceptors (Lipinski definition) is 3. The number of thiocarbonyl (C=S) groups is 1. The Morgan fingerprint density at radius 3 is 3.18 bits per heavy atom. The van der Waals surface area contributed by atoms with Gasteiger partial charge in [-0.25, -0.2) is 0 Å². The summed E-state index contributed by atoms with van der Waals surface area (Å²) in [6.07, 6.45) is 7.16. The Balaban J connectivity index is 1.81. The summed E-state index contributed by atoms with van der Waals surface area (Å²) in [5.41, 5.74) is 7.03. The lowest BCUT2D eigenvalue weighted by Gasteiger charge is -2.32. The third kappa shape index (κ3) is 3.75. The van der Waals surface area contributed by atoms with E-state index < -0.39 is 0 Å². The van der Waals surface area contributed by atoms with Crippen LogP contribution in [0.1, 0.15) is 18.4 Å². The van der Waals surface area contributed by atoms with E-state index in [1.165, 1.54) is 18.5 Å². The van der Waals surface area contributed by atoms with Gasteiger partial charge in [0.15, 0.2) is 0 Å². The highest BCUT2D eigenvalue weighted by Crippen LogP contribution is 2.16. The summed E-state index contributed by atoms with van der Waals surface area (Å²) < 4.78 is 0. The van der Waals surface area contributed by atoms with Crippen LogP contribution in [-0.4, -0.2) is 34.5 Å². The van der Waals surface area contributed by atoms with Crippen molar-refractivity contribution in [2.75, 3.05) is 19.6 Å². The van der Waals surface area contributed by atoms with E-state index in [0.717, 1.165) is 25.9 Å². The van der Waals surface area contributed by atoms with E-state index in [-0.39, 0.29) is 0 Å². The number of nitrogens with zero attached hydrogens (tertiary/aromatic N) is 2. The summed E-state index contributed by atoms with van der Waals surface area (Å²) >= 11 is 5.09. The standard InChI is InChI=1S/C13H19N3S/c14-13(17)12-4-2-7-16(10-12)8-5-11-3-1-6-15-9-11/h1,3,6,9,12H,2,4-5,7-8,10H2,(H2,14,17). The van der Waals surface area contributed by atoms with Crippen molar-refractivity contribution >= 4 is 17.2 Å². The molecule has 4 heteroatoms. The van der Waals surface area contributed by atoms with Crippen LogP contribution in [0.5, 0.6) is 0 Å². The number of pyridine rings is 1. The van der Waals surface area contributed by atoms with Gasteiger partial charge in [0.05, 0.1) is 4.99 Å². The van der Waals surface area contributed by atoms with Gasteiger partial charge in [0.25, 0.3) is 0 Å². The molecule has 2 N–H and O–H groups in total. The van der Waals surface area contributed by atoms with E-state index in [4.69, 9.17) is 18.0 Å². The van der Waals surface area contributed by atoms with Crippen molar-refractivity contribution in [1.82, 2.24) is 9.88 Å². The Kier molecular flexibility index (Phi) is 4.45. The number of nitrogens with two attached hydrogens (primary N) is 1. The molecule has 0 amide bonds. The Morgan fingerprint density at radius 1 is 1.59 bits per heavy atom. The molecule has 0 radical (unpaired) electrons. The summed E-state index contributed by atoms with van der Waals surface area (Å²) in [6, 6.07) is 4.12. The van der Waals surface area contributed by atoms with Crippen LogP contribution in [0.4, 0.5) is 0 Å². The lowest BCUT2D eigenvalue weighted by molar-refractivity contribution is 0.207. The lowest BCUT2D eigenvalue weighted by Crippen LogP contribution is -2.41. The molecule has 0 aliphatic carbocycles. The van der Waals surface area contributed by atoms with Gasteiger partial charge in [-0.05, 0) is 37.4 Å². The fourth-order valence-corrected chi connectivity index (χ4v) is 2.52. The van der Waals surface area contributed by atoms with Gasteiger partial charge >= 0.3 is 0 Å². The van der Waals surface area contributed by atoms with E-state index in [1.807, 2.05) is 18.5 Å². The minimum Gasteiger partial charge on any atom is -0.393 e. The van der Waals surface area contributed by atoms with Gasteiger partial charge in [-0.15, -0.1) is 0 Å². The zero-order valence-corrected chi connectivity index (χ0v) is 10.8. The molecule has 1 aromatic heterocycles. The highest BCUT2D eigenvalue weighted by Gasteiger charge is 2.21. The number of piperidine rings is 1. The van der Waals surface area contributed by atoms with Crippen molar-refractivity contribution < 1.29 is 0 Å². The monoisotopic (exact) mass is 249 g/mol. The summed E-state index contributed by atoms with van der Waals surface area (Å²) in [5, 5.41) is 0. The Bertz CT molecular complexity index is 366. The first-order valence-electron chi connectivity index (χ1n) is 6.16. The molecule has 0 saturated carbocycles. The Hall–Kier alpha value is -1.00. The average Bonchev–Trinajstić information content (AvgIpc) is 2.38. The Labute approximate surface area is 108 Å². The second-order valence-corrected chi connectivity index (χ2v) is 5.12. The van der Waals surface area contributed by atoms with Crippen molar-refractivity contribution in [3.05, 3.63) is 30.1 Å². The fraction of sp³-hybridized carbons (Fsp3) is 0.538. The van der Waals surface area contributed by atoms with E-state index >= 15 is 0 Å². The van der Waals surface area contributed by atoms with Gasteiger partial charge < -0.3 is 10.6 Å². The molecule has 2 rings (SSSR count). The van der Waals surface area contributed by atoms with Crippen molar-refractivity contribution in [3.63, 3.8) is 0 Å². The molecule has 1 atom stereocenters. The first kappa shape index (κ1) is 12.5. The highest BCUT2D eigenvalue weighted by atomic mass is 32.1. The molecule has 2 heterocycles. The molecule has 1 aromatic rings. The van der Waals surface area contributed by atoms with Crippen LogP contribution in [0.3, 0.4) is 0 Å². The second-order valence-electron chi connectivity index (χ2n) is 4.65. The van der Waals surface area contributed by atoms with E-state index in [2.05, 4.69) is 16.0 Å². The van der Waals surface area contributed by atoms with Crippen molar-refractivity contribution in [2.24, 2.45) is 11.7 Å². The average molecular weight is 249 g/mol. The summed E-state index contributed by atoms with van der Waals surface area (Å²) in [7, 11) is 0. The second kappa shape index (κ2) is 6.07. The molecule has 1 unspecified atom stereocenters. The molecule has 3 nitrogen and oxygen atoms in total. The smallest absolute Gasteiger partial charge is 0.0771 e. The lowest BCUT2D eigenvalue weighted by atomic mass is 9.98. The van der Waals surface area contributed by atoms with E-state index in [0.29, 0.717) is 10.9 Å². The number of likely N-dealkylation sites (tertiary alicyclic amines) is 1. The summed E-state index contributed by atoms with van der Waals surface area (Å²) in [5.74, 6) is 0.410. The van der Waals surface area contributed by atoms with Crippen LogP contribution in [0, 0.1) is 5.92 Å². The summed E-state index contributed by atoms with van der Waals surface area (Å²) in [6.45, 7) is 3.26. The van der Waals surface area contributed by atoms with Gasteiger partial charge in [-0.2, -0.15) is 0 Å². The molecule has 0 spiro atoms. The van der Waals surface area contributed by atoms with Crippen LogP contribution in [0.25, 0.3) is 0 Å². The first-order chi connectivity index (χ1) is 8.25. The van der Waals surface area contributed by atoms with Gasteiger partial charge in [0.2, 0.25) is 0 Å². The molecule has 0 bridgehead atoms. The summed E-state index contributed by atoms with van der Waals surface area (Å²) in [4.78, 5) is 7.27. The van der Waals surface area contributed by atoms with Crippen LogP contribution in [0.15, 0.2) is 24.5 Å². The molecule has 1 fully saturated rings. The number of rotatable bonds is 4. The normalized spacial score (nSPS) is 21.3. The van der Waals surface area contributed by atoms with Gasteiger partial charge in [-0.1, -0.05) is 18.3 Å². The maximum atomic E-state index is 5.73. The minimum atomic E-state index is 0.410. The molecular formula is C13H19N3S. The van der Waals surface area contributed by atoms with Crippen LogP contribution >= 0.6 is 12.2 Å². The quantitative estimate of drug-likeness (QED) is 0.824. The van der Waals surface area contributed by atoms with E-state index in [9.17, 15) is 0 Å². The zero-order valence-electron chi connectivity index (χ0n) is 10.0. The van der Waals surface area contributed by atoms with Crippen molar-refractivity contribution in [2.45, 2.75) is 19.3 Å². The minimum absolute atomic E-state index is 0.410. The molecule has 17 heavy (non-hydrogen) atoms. The SMILES string of the molecule is NC(=S)C1CCCN(CCc2cccnc2)C1. The van der Waals surface area contributed by atoms with Crippen LogP contribution in [-0.2, 0) is 6.42 Å². The molecule has 0 aromatic carbocycles. The van der Waals surface area contributed by atoms with Gasteiger partial charge in [0.1, 0.15) is 0 Å². The van der Waals surface area contributed by atoms with Gasteiger partial charge in [-0.3, -0.25) is 4.98 Å². The molecule has 1 saturated heterocycles. The largest absolute Gasteiger partial charge is 0.393 e. The molecule has 1 aliphatic rings. The first-order valence-corrected chi connectivity index (χ1v) is 6.57. The van der Waals surface area contributed by atoms with E-state index in [1.54, 1.807) is 0 Å². The predicted octanol–water partition coefficient (Wildman–Crippen LogP) is 1.62. The highest BCUT2D eigenvalue weighted by molar-refractivity contribution is 7.80. The maximum absolute atomic E-state index is 5.73. The van der Waals surface area contributed by atoms with Gasteiger partial charge in [0, 0.05) is 31.4 Å². The molecular weight excluding hydrogens is 230 g/mol. The predicted molar refractivity (Wildman–Crippen MR) is 73.9 cm³/mol. The third-order valence-electron chi connectivity index (χ3n) is 3.35. The fourth-order valence-electron chi connectivity index (χ4n) is 2.32. The third-order valence-corrected chi connectivity index (χ3v) is 3.68. The zero-order chi connectivity index (χ0) is 12.1. The maximum Gasteiger partial charge on any atom is 0.0771 e. The number of aromatic nitrogens is 1. The van der Waals surface area contributed by atoms with Crippen molar-refractivity contribution in [3.8, 4) is 0 Å². The van der Waals surface area contributed by atoms with Crippen LogP contribution < -0.4 is 5.73 Å². The topological polar surface area (TPSA) is 42.1 Å². The van der Waals surface area contributed by atoms with Crippen LogP contribution in [0.2, 0.25) is 0 Å². The number of hydrogen-bond donors (Lipinski definition) is 1. The molecule has 92 valence electrons. The van der Waals surface area contributed by atoms with Crippen molar-refractivity contribution in [1.29, 1.82) is 0 Å².